The predicted molar refractivity (Wildman–Crippen MR) is 137 cm³/mol. The molecule has 10 heteroatoms. The number of thioether (sulfide) groups is 1. The molecule has 0 bridgehead atoms. The second-order valence-corrected chi connectivity index (χ2v) is 10.8. The first-order valence-electron chi connectivity index (χ1n) is 10.2. The van der Waals surface area contributed by atoms with Gasteiger partial charge in [0.05, 0.1) is 30.1 Å². The van der Waals surface area contributed by atoms with Gasteiger partial charge in [-0.2, -0.15) is 0 Å². The van der Waals surface area contributed by atoms with Crippen molar-refractivity contribution in [2.24, 2.45) is 0 Å². The summed E-state index contributed by atoms with van der Waals surface area (Å²) >= 11 is 7.44. The van der Waals surface area contributed by atoms with Crippen molar-refractivity contribution in [1.82, 2.24) is 0 Å². The zero-order valence-corrected chi connectivity index (χ0v) is 21.5. The van der Waals surface area contributed by atoms with Crippen LogP contribution < -0.4 is 19.5 Å². The van der Waals surface area contributed by atoms with Crippen molar-refractivity contribution in [3.63, 3.8) is 0 Å². The first-order valence-corrected chi connectivity index (χ1v) is 13.0. The summed E-state index contributed by atoms with van der Waals surface area (Å²) in [5, 5.41) is 2.87. The second kappa shape index (κ2) is 11.0. The van der Waals surface area contributed by atoms with Crippen LogP contribution in [0.4, 0.5) is 11.4 Å². The zero-order valence-electron chi connectivity index (χ0n) is 19.1. The SMILES string of the molecule is COc1ccc(SC(C)C(=O)Nc2ccc(S(=O)(=O)Nc3cccc(Cl)c3C)cc2)cc1OC. The van der Waals surface area contributed by atoms with Gasteiger partial charge in [-0.15, -0.1) is 11.8 Å². The van der Waals surface area contributed by atoms with Crippen LogP contribution in [-0.4, -0.2) is 33.8 Å². The highest BCUT2D eigenvalue weighted by molar-refractivity contribution is 8.00. The van der Waals surface area contributed by atoms with Crippen molar-refractivity contribution in [2.45, 2.75) is 28.9 Å². The Kier molecular flexibility index (Phi) is 8.35. The molecule has 0 heterocycles. The molecule has 2 N–H and O–H groups in total. The molecule has 0 saturated heterocycles. The number of amides is 1. The van der Waals surface area contributed by atoms with E-state index in [-0.39, 0.29) is 10.8 Å². The summed E-state index contributed by atoms with van der Waals surface area (Å²) in [7, 11) is -0.700. The molecular weight excluding hydrogens is 496 g/mol. The lowest BCUT2D eigenvalue weighted by Crippen LogP contribution is -2.22. The second-order valence-electron chi connectivity index (χ2n) is 7.31. The highest BCUT2D eigenvalue weighted by atomic mass is 35.5. The largest absolute Gasteiger partial charge is 0.493 e. The number of carbonyl (C=O) groups excluding carboxylic acids is 1. The average Bonchev–Trinajstić information content (AvgIpc) is 2.82. The van der Waals surface area contributed by atoms with E-state index in [0.717, 1.165) is 4.90 Å². The lowest BCUT2D eigenvalue weighted by atomic mass is 10.2. The van der Waals surface area contributed by atoms with Crippen molar-refractivity contribution in [3.05, 3.63) is 71.2 Å². The van der Waals surface area contributed by atoms with Gasteiger partial charge < -0.3 is 14.8 Å². The van der Waals surface area contributed by atoms with Gasteiger partial charge in [-0.1, -0.05) is 17.7 Å². The number of nitrogens with one attached hydrogen (secondary N) is 2. The third kappa shape index (κ3) is 6.16. The van der Waals surface area contributed by atoms with Gasteiger partial charge in [-0.25, -0.2) is 8.42 Å². The van der Waals surface area contributed by atoms with Gasteiger partial charge in [-0.05, 0) is 74.0 Å². The maximum atomic E-state index is 12.7. The van der Waals surface area contributed by atoms with Crippen LogP contribution in [0, 0.1) is 6.92 Å². The van der Waals surface area contributed by atoms with Crippen molar-refractivity contribution < 1.29 is 22.7 Å². The number of methoxy groups -OCH3 is 2. The maximum absolute atomic E-state index is 12.7. The lowest BCUT2D eigenvalue weighted by molar-refractivity contribution is -0.115. The van der Waals surface area contributed by atoms with Gasteiger partial charge in [0, 0.05) is 15.6 Å². The molecule has 0 aliphatic rings. The summed E-state index contributed by atoms with van der Waals surface area (Å²) in [5.74, 6) is 0.973. The fourth-order valence-electron chi connectivity index (χ4n) is 3.03. The normalized spacial score (nSPS) is 12.0. The molecule has 3 aromatic carbocycles. The summed E-state index contributed by atoms with van der Waals surface area (Å²) in [6.45, 7) is 3.52. The summed E-state index contributed by atoms with van der Waals surface area (Å²) in [6, 6.07) is 16.4. The third-order valence-corrected chi connectivity index (χ3v) is 7.87. The minimum Gasteiger partial charge on any atom is -0.493 e. The predicted octanol–water partition coefficient (Wildman–Crippen LogP) is 5.59. The molecule has 0 saturated carbocycles. The molecule has 7 nitrogen and oxygen atoms in total. The standard InChI is InChI=1S/C24H25ClN2O5S2/c1-15-20(25)6-5-7-21(15)27-34(29,30)19-11-8-17(9-12-19)26-24(28)16(2)33-18-10-13-22(31-3)23(14-18)32-4/h5-14,16,27H,1-4H3,(H,26,28). The number of halogens is 1. The molecule has 180 valence electrons. The van der Waals surface area contributed by atoms with E-state index in [1.807, 2.05) is 12.1 Å². The number of hydrogen-bond acceptors (Lipinski definition) is 6. The van der Waals surface area contributed by atoms with Gasteiger partial charge in [0.1, 0.15) is 0 Å². The Bertz CT molecular complexity index is 1280. The number of sulfonamides is 1. The number of benzene rings is 3. The summed E-state index contributed by atoms with van der Waals surface area (Å²) in [6.07, 6.45) is 0. The van der Waals surface area contributed by atoms with Gasteiger partial charge in [0.2, 0.25) is 5.91 Å². The van der Waals surface area contributed by atoms with E-state index in [0.29, 0.717) is 33.5 Å². The molecular formula is C24H25ClN2O5S2. The van der Waals surface area contributed by atoms with Crippen molar-refractivity contribution in [1.29, 1.82) is 0 Å². The van der Waals surface area contributed by atoms with E-state index in [1.54, 1.807) is 64.5 Å². The minimum absolute atomic E-state index is 0.0672. The van der Waals surface area contributed by atoms with Crippen LogP contribution in [0.25, 0.3) is 0 Å². The molecule has 3 aromatic rings. The number of hydrogen-bond donors (Lipinski definition) is 2. The fourth-order valence-corrected chi connectivity index (χ4v) is 5.22. The Morgan fingerprint density at radius 2 is 1.68 bits per heavy atom. The van der Waals surface area contributed by atoms with Gasteiger partial charge >= 0.3 is 0 Å². The molecule has 3 rings (SSSR count). The quantitative estimate of drug-likeness (QED) is 0.357. The van der Waals surface area contributed by atoms with Gasteiger partial charge in [0.15, 0.2) is 11.5 Å². The molecule has 0 spiro atoms. The monoisotopic (exact) mass is 520 g/mol. The first-order chi connectivity index (χ1) is 16.1. The van der Waals surface area contributed by atoms with E-state index in [1.165, 1.54) is 23.9 Å². The van der Waals surface area contributed by atoms with Crippen LogP contribution in [0.15, 0.2) is 70.5 Å². The average molecular weight is 521 g/mol. The van der Waals surface area contributed by atoms with Crippen LogP contribution in [0.1, 0.15) is 12.5 Å². The topological polar surface area (TPSA) is 93.7 Å². The number of ether oxygens (including phenoxy) is 2. The van der Waals surface area contributed by atoms with E-state index in [9.17, 15) is 13.2 Å². The highest BCUT2D eigenvalue weighted by Gasteiger charge is 2.18. The molecule has 1 atom stereocenters. The van der Waals surface area contributed by atoms with Crippen molar-refractivity contribution in [2.75, 3.05) is 24.3 Å². The summed E-state index contributed by atoms with van der Waals surface area (Å²) < 4.78 is 38.6. The minimum atomic E-state index is -3.81. The maximum Gasteiger partial charge on any atom is 0.261 e. The van der Waals surface area contributed by atoms with E-state index < -0.39 is 15.3 Å². The molecule has 1 unspecified atom stereocenters. The van der Waals surface area contributed by atoms with Gasteiger partial charge in [0.25, 0.3) is 10.0 Å². The molecule has 0 aliphatic heterocycles. The lowest BCUT2D eigenvalue weighted by Gasteiger charge is -2.14. The first kappa shape index (κ1) is 25.7. The molecule has 0 aromatic heterocycles. The van der Waals surface area contributed by atoms with Crippen LogP contribution in [0.2, 0.25) is 5.02 Å². The van der Waals surface area contributed by atoms with E-state index in [4.69, 9.17) is 21.1 Å². The Morgan fingerprint density at radius 3 is 2.32 bits per heavy atom. The number of carbonyl (C=O) groups is 1. The molecule has 0 aliphatic carbocycles. The van der Waals surface area contributed by atoms with Crippen LogP contribution in [0.3, 0.4) is 0 Å². The number of anilines is 2. The zero-order chi connectivity index (χ0) is 24.9. The fraction of sp³-hybridized carbons (Fsp3) is 0.208. The van der Waals surface area contributed by atoms with Crippen LogP contribution in [-0.2, 0) is 14.8 Å². The van der Waals surface area contributed by atoms with E-state index in [2.05, 4.69) is 10.0 Å². The Balaban J connectivity index is 1.65. The molecule has 34 heavy (non-hydrogen) atoms. The Morgan fingerprint density at radius 1 is 1.00 bits per heavy atom. The van der Waals surface area contributed by atoms with E-state index >= 15 is 0 Å². The molecule has 1 amide bonds. The molecule has 0 fully saturated rings. The molecule has 0 radical (unpaired) electrons. The Labute approximate surface area is 208 Å². The van der Waals surface area contributed by atoms with Crippen molar-refractivity contribution in [3.8, 4) is 11.5 Å². The van der Waals surface area contributed by atoms with Crippen LogP contribution in [0.5, 0.6) is 11.5 Å². The van der Waals surface area contributed by atoms with Crippen LogP contribution >= 0.6 is 23.4 Å². The smallest absolute Gasteiger partial charge is 0.261 e. The Hall–Kier alpha value is -2.88. The van der Waals surface area contributed by atoms with Gasteiger partial charge in [-0.3, -0.25) is 9.52 Å². The third-order valence-electron chi connectivity index (χ3n) is 4.98. The number of rotatable bonds is 9. The summed E-state index contributed by atoms with van der Waals surface area (Å²) in [5.41, 5.74) is 1.53. The van der Waals surface area contributed by atoms with Crippen molar-refractivity contribution >= 4 is 50.7 Å². The highest BCUT2D eigenvalue weighted by Crippen LogP contribution is 2.34. The summed E-state index contributed by atoms with van der Waals surface area (Å²) in [4.78, 5) is 13.6.